The molecule has 37 heavy (non-hydrogen) atoms. The van der Waals surface area contributed by atoms with E-state index < -0.39 is 0 Å². The fourth-order valence-corrected chi connectivity index (χ4v) is 7.08. The summed E-state index contributed by atoms with van der Waals surface area (Å²) in [7, 11) is 0. The summed E-state index contributed by atoms with van der Waals surface area (Å²) >= 11 is 12.6. The second-order valence-electron chi connectivity index (χ2n) is 11.2. The number of guanidine groups is 1. The molecule has 6 nitrogen and oxygen atoms in total. The van der Waals surface area contributed by atoms with Gasteiger partial charge in [-0.3, -0.25) is 4.79 Å². The number of amides is 1. The van der Waals surface area contributed by atoms with E-state index >= 15 is 0 Å². The molecule has 4 N–H and O–H groups in total. The highest BCUT2D eigenvalue weighted by Crippen LogP contribution is 2.46. The predicted octanol–water partition coefficient (Wildman–Crippen LogP) is 5.64. The van der Waals surface area contributed by atoms with Gasteiger partial charge in [-0.1, -0.05) is 47.8 Å². The summed E-state index contributed by atoms with van der Waals surface area (Å²) < 4.78 is 0. The number of hydrogen-bond donors (Lipinski definition) is 3. The van der Waals surface area contributed by atoms with Gasteiger partial charge in [-0.05, 0) is 80.3 Å². The molecular formula is C29H37Cl2N5O. The molecule has 198 valence electrons. The zero-order valence-corrected chi connectivity index (χ0v) is 23.1. The van der Waals surface area contributed by atoms with E-state index in [-0.39, 0.29) is 18.2 Å². The Balaban J connectivity index is 1.39. The lowest BCUT2D eigenvalue weighted by molar-refractivity contribution is -0.118. The van der Waals surface area contributed by atoms with E-state index in [4.69, 9.17) is 33.9 Å². The van der Waals surface area contributed by atoms with Crippen LogP contribution in [0.4, 0.5) is 5.69 Å². The van der Waals surface area contributed by atoms with Crippen molar-refractivity contribution >= 4 is 40.8 Å². The molecule has 2 aliphatic carbocycles. The van der Waals surface area contributed by atoms with E-state index in [1.807, 2.05) is 18.2 Å². The maximum absolute atomic E-state index is 11.9. The van der Waals surface area contributed by atoms with Gasteiger partial charge in [0.1, 0.15) is 0 Å². The molecule has 6 unspecified atom stereocenters. The molecule has 1 saturated heterocycles. The van der Waals surface area contributed by atoms with Crippen LogP contribution in [0.1, 0.15) is 63.0 Å². The number of carbonyl (C=O) groups excluding carboxylic acids is 1. The van der Waals surface area contributed by atoms with E-state index in [1.54, 1.807) is 12.1 Å². The quantitative estimate of drug-likeness (QED) is 0.326. The van der Waals surface area contributed by atoms with Crippen molar-refractivity contribution in [2.45, 2.75) is 70.0 Å². The second-order valence-corrected chi connectivity index (χ2v) is 12.0. The summed E-state index contributed by atoms with van der Waals surface area (Å²) in [5.74, 6) is 1.93. The Bertz CT molecular complexity index is 1140. The van der Waals surface area contributed by atoms with E-state index in [9.17, 15) is 4.79 Å². The monoisotopic (exact) mass is 541 g/mol. The molecule has 1 amide bonds. The summed E-state index contributed by atoms with van der Waals surface area (Å²) in [5, 5.41) is 8.37. The summed E-state index contributed by atoms with van der Waals surface area (Å²) in [6.45, 7) is 6.30. The minimum Gasteiger partial charge on any atom is -0.370 e. The average molecular weight is 543 g/mol. The Labute approximate surface area is 230 Å². The van der Waals surface area contributed by atoms with Crippen molar-refractivity contribution in [1.82, 2.24) is 10.2 Å². The first kappa shape index (κ1) is 26.3. The van der Waals surface area contributed by atoms with E-state index in [0.29, 0.717) is 28.2 Å². The molecule has 6 atom stereocenters. The van der Waals surface area contributed by atoms with Crippen LogP contribution in [-0.4, -0.2) is 48.0 Å². The van der Waals surface area contributed by atoms with Gasteiger partial charge in [0.05, 0.1) is 6.04 Å². The van der Waals surface area contributed by atoms with Crippen LogP contribution in [0, 0.1) is 11.8 Å². The summed E-state index contributed by atoms with van der Waals surface area (Å²) in [4.78, 5) is 19.6. The third-order valence-corrected chi connectivity index (χ3v) is 8.72. The van der Waals surface area contributed by atoms with Crippen molar-refractivity contribution in [2.24, 2.45) is 22.6 Å². The fourth-order valence-electron chi connectivity index (χ4n) is 6.54. The minimum atomic E-state index is -0.375. The lowest BCUT2D eigenvalue weighted by Gasteiger charge is -2.38. The number of aliphatic imine (C=N–C) groups is 1. The highest BCUT2D eigenvalue weighted by atomic mass is 35.5. The normalized spacial score (nSPS) is 28.4. The van der Waals surface area contributed by atoms with Crippen LogP contribution in [0.3, 0.4) is 0 Å². The van der Waals surface area contributed by atoms with Crippen LogP contribution in [0.2, 0.25) is 10.0 Å². The standard InChI is InChI=1S/C29H37Cl2N5O/c1-17-15-36(16-18(2)33-17)29(35-27-12-19-3-4-21(27)11-19)34-23-8-5-20(6-9-23)25(14-28(32)37)24-10-7-22(30)13-26(24)31/h5-10,13,17-19,21,25,27,33H,3-4,11-12,14-16H2,1-2H3,(H2,32,37)(H,34,35). The Kier molecular flexibility index (Phi) is 7.99. The number of fused-ring (bicyclic) bond motifs is 2. The SMILES string of the molecule is CC1CN(C(=NC2CC3CCC2C3)Nc2ccc(C(CC(N)=O)c3ccc(Cl)cc3Cl)cc2)CC(C)N1. The molecule has 1 heterocycles. The van der Waals surface area contributed by atoms with Gasteiger partial charge in [0.15, 0.2) is 5.96 Å². The molecule has 5 rings (SSSR count). The topological polar surface area (TPSA) is 82.8 Å². The number of benzene rings is 2. The number of primary amides is 1. The smallest absolute Gasteiger partial charge is 0.218 e. The lowest BCUT2D eigenvalue weighted by Crippen LogP contribution is -2.57. The zero-order chi connectivity index (χ0) is 26.1. The molecule has 1 aliphatic heterocycles. The van der Waals surface area contributed by atoms with Gasteiger partial charge < -0.3 is 21.3 Å². The van der Waals surface area contributed by atoms with E-state index in [1.165, 1.54) is 25.7 Å². The molecule has 0 aromatic heterocycles. The van der Waals surface area contributed by atoms with E-state index in [2.05, 4.69) is 41.5 Å². The molecule has 2 aromatic rings. The third kappa shape index (κ3) is 6.24. The Hall–Kier alpha value is -2.28. The maximum Gasteiger partial charge on any atom is 0.218 e. The molecule has 2 saturated carbocycles. The number of nitrogens with one attached hydrogen (secondary N) is 2. The van der Waals surface area contributed by atoms with Crippen LogP contribution in [-0.2, 0) is 4.79 Å². The van der Waals surface area contributed by atoms with Crippen molar-refractivity contribution in [3.05, 3.63) is 63.6 Å². The molecule has 3 fully saturated rings. The van der Waals surface area contributed by atoms with Crippen molar-refractivity contribution in [3.63, 3.8) is 0 Å². The predicted molar refractivity (Wildman–Crippen MR) is 152 cm³/mol. The van der Waals surface area contributed by atoms with Crippen molar-refractivity contribution < 1.29 is 4.79 Å². The molecule has 2 bridgehead atoms. The molecule has 8 heteroatoms. The summed E-state index contributed by atoms with van der Waals surface area (Å²) in [6.07, 6.45) is 5.39. The molecule has 0 radical (unpaired) electrons. The van der Waals surface area contributed by atoms with Gasteiger partial charge in [-0.2, -0.15) is 0 Å². The highest BCUT2D eigenvalue weighted by molar-refractivity contribution is 6.35. The van der Waals surface area contributed by atoms with Crippen LogP contribution < -0.4 is 16.4 Å². The number of nitrogens with two attached hydrogens (primary N) is 1. The van der Waals surface area contributed by atoms with Crippen LogP contribution >= 0.6 is 23.2 Å². The number of rotatable bonds is 6. The van der Waals surface area contributed by atoms with Gasteiger partial charge in [0, 0.05) is 53.2 Å². The largest absolute Gasteiger partial charge is 0.370 e. The summed E-state index contributed by atoms with van der Waals surface area (Å²) in [6, 6.07) is 14.8. The minimum absolute atomic E-state index is 0.168. The molecule has 2 aromatic carbocycles. The zero-order valence-electron chi connectivity index (χ0n) is 21.6. The van der Waals surface area contributed by atoms with Crippen LogP contribution in [0.15, 0.2) is 47.5 Å². The first-order valence-electron chi connectivity index (χ1n) is 13.4. The van der Waals surface area contributed by atoms with Crippen molar-refractivity contribution in [3.8, 4) is 0 Å². The lowest BCUT2D eigenvalue weighted by atomic mass is 9.88. The number of piperazine rings is 1. The number of hydrogen-bond acceptors (Lipinski definition) is 3. The summed E-state index contributed by atoms with van der Waals surface area (Å²) in [5.41, 5.74) is 8.40. The number of anilines is 1. The molecule has 3 aliphatic rings. The van der Waals surface area contributed by atoms with Gasteiger partial charge >= 0.3 is 0 Å². The highest BCUT2D eigenvalue weighted by Gasteiger charge is 2.40. The van der Waals surface area contributed by atoms with E-state index in [0.717, 1.165) is 47.7 Å². The molecular weight excluding hydrogens is 505 g/mol. The van der Waals surface area contributed by atoms with Gasteiger partial charge in [-0.25, -0.2) is 4.99 Å². The Morgan fingerprint density at radius 3 is 2.43 bits per heavy atom. The van der Waals surface area contributed by atoms with Gasteiger partial charge in [-0.15, -0.1) is 0 Å². The second kappa shape index (κ2) is 11.2. The first-order chi connectivity index (χ1) is 17.7. The average Bonchev–Trinajstić information content (AvgIpc) is 3.46. The third-order valence-electron chi connectivity index (χ3n) is 8.16. The Morgan fingerprint density at radius 1 is 1.11 bits per heavy atom. The fraction of sp³-hybridized carbons (Fsp3) is 0.517. The first-order valence-corrected chi connectivity index (χ1v) is 14.2. The van der Waals surface area contributed by atoms with Gasteiger partial charge in [0.25, 0.3) is 0 Å². The van der Waals surface area contributed by atoms with Crippen LogP contribution in [0.5, 0.6) is 0 Å². The number of nitrogens with zero attached hydrogens (tertiary/aromatic N) is 2. The van der Waals surface area contributed by atoms with Crippen molar-refractivity contribution in [1.29, 1.82) is 0 Å². The molecule has 0 spiro atoms. The number of carbonyl (C=O) groups is 1. The van der Waals surface area contributed by atoms with Crippen molar-refractivity contribution in [2.75, 3.05) is 18.4 Å². The van der Waals surface area contributed by atoms with Gasteiger partial charge in [0.2, 0.25) is 5.91 Å². The van der Waals surface area contributed by atoms with Crippen LogP contribution in [0.25, 0.3) is 0 Å². The Morgan fingerprint density at radius 2 is 1.84 bits per heavy atom. The maximum atomic E-state index is 11.9. The number of halogens is 2.